The molecule has 0 spiro atoms. The summed E-state index contributed by atoms with van der Waals surface area (Å²) in [5.41, 5.74) is 1.50. The second kappa shape index (κ2) is 6.54. The number of hydrogen-bond donors (Lipinski definition) is 1. The quantitative estimate of drug-likeness (QED) is 0.669. The van der Waals surface area contributed by atoms with E-state index in [9.17, 15) is 13.2 Å². The molecule has 0 saturated heterocycles. The largest absolute Gasteiger partial charge is 0.294 e. The SMILES string of the molecule is CC1=NN(c2ccccc2)C(=O)C1N=Nc1ccc(S(=O)(=O)O)cc1. The number of hydrazone groups is 1. The number of hydrogen-bond acceptors (Lipinski definition) is 6. The second-order valence-electron chi connectivity index (χ2n) is 5.31. The molecule has 2 aromatic rings. The van der Waals surface area contributed by atoms with Crippen LogP contribution in [0.3, 0.4) is 0 Å². The Balaban J connectivity index is 1.78. The van der Waals surface area contributed by atoms with Crippen molar-refractivity contribution in [2.75, 3.05) is 5.01 Å². The first kappa shape index (κ1) is 16.9. The van der Waals surface area contributed by atoms with Crippen LogP contribution < -0.4 is 5.01 Å². The standard InChI is InChI=1S/C16H14N4O4S/c1-11-15(16(21)20(19-11)13-5-3-2-4-6-13)18-17-12-7-9-14(10-8-12)25(22,23)24/h2-10,15H,1H3,(H,22,23,24). The Kier molecular flexibility index (Phi) is 4.43. The van der Waals surface area contributed by atoms with Gasteiger partial charge in [-0.3, -0.25) is 9.35 Å². The molecule has 25 heavy (non-hydrogen) atoms. The van der Waals surface area contributed by atoms with Crippen LogP contribution in [-0.2, 0) is 14.9 Å². The van der Waals surface area contributed by atoms with Crippen LogP contribution in [0, 0.1) is 0 Å². The van der Waals surface area contributed by atoms with Gasteiger partial charge in [-0.25, -0.2) is 0 Å². The Hall–Kier alpha value is -2.91. The van der Waals surface area contributed by atoms with Gasteiger partial charge in [-0.15, -0.1) is 0 Å². The van der Waals surface area contributed by atoms with Crippen LogP contribution in [0.25, 0.3) is 0 Å². The van der Waals surface area contributed by atoms with Gasteiger partial charge in [0.25, 0.3) is 16.0 Å². The summed E-state index contributed by atoms with van der Waals surface area (Å²) in [5, 5.41) is 13.5. The molecule has 1 atom stereocenters. The molecule has 1 heterocycles. The third kappa shape index (κ3) is 3.62. The number of nitrogens with zero attached hydrogens (tertiary/aromatic N) is 4. The van der Waals surface area contributed by atoms with Gasteiger partial charge in [-0.1, -0.05) is 18.2 Å². The number of rotatable bonds is 4. The number of amides is 1. The number of carbonyl (C=O) groups excluding carboxylic acids is 1. The summed E-state index contributed by atoms with van der Waals surface area (Å²) in [4.78, 5) is 12.2. The summed E-state index contributed by atoms with van der Waals surface area (Å²) >= 11 is 0. The lowest BCUT2D eigenvalue weighted by molar-refractivity contribution is -0.117. The smallest absolute Gasteiger partial charge is 0.282 e. The van der Waals surface area contributed by atoms with Crippen LogP contribution in [-0.4, -0.2) is 30.6 Å². The summed E-state index contributed by atoms with van der Waals surface area (Å²) in [5.74, 6) is -0.318. The van der Waals surface area contributed by atoms with E-state index in [1.54, 1.807) is 31.2 Å². The van der Waals surface area contributed by atoms with Crippen molar-refractivity contribution in [3.05, 3.63) is 54.6 Å². The van der Waals surface area contributed by atoms with Gasteiger partial charge in [0.05, 0.1) is 22.0 Å². The molecule has 1 aliphatic heterocycles. The molecule has 1 unspecified atom stereocenters. The van der Waals surface area contributed by atoms with Crippen molar-refractivity contribution in [1.29, 1.82) is 0 Å². The fourth-order valence-corrected chi connectivity index (χ4v) is 2.73. The number of benzene rings is 2. The molecule has 0 saturated carbocycles. The Morgan fingerprint density at radius 3 is 2.32 bits per heavy atom. The van der Waals surface area contributed by atoms with Gasteiger partial charge in [0, 0.05) is 0 Å². The van der Waals surface area contributed by atoms with Crippen LogP contribution in [0.2, 0.25) is 0 Å². The van der Waals surface area contributed by atoms with Crippen molar-refractivity contribution in [2.24, 2.45) is 15.3 Å². The molecule has 0 fully saturated rings. The Labute approximate surface area is 144 Å². The maximum absolute atomic E-state index is 12.5. The number of anilines is 1. The molecule has 1 aliphatic rings. The predicted molar refractivity (Wildman–Crippen MR) is 91.6 cm³/mol. The lowest BCUT2D eigenvalue weighted by Gasteiger charge is -2.11. The van der Waals surface area contributed by atoms with E-state index in [-0.39, 0.29) is 10.8 Å². The zero-order valence-corrected chi connectivity index (χ0v) is 14.0. The highest BCUT2D eigenvalue weighted by atomic mass is 32.2. The highest BCUT2D eigenvalue weighted by molar-refractivity contribution is 7.85. The summed E-state index contributed by atoms with van der Waals surface area (Å²) in [6, 6.07) is 13.3. The molecule has 1 N–H and O–H groups in total. The minimum absolute atomic E-state index is 0.239. The topological polar surface area (TPSA) is 112 Å². The number of carbonyl (C=O) groups is 1. The lowest BCUT2D eigenvalue weighted by Crippen LogP contribution is -2.29. The zero-order chi connectivity index (χ0) is 18.0. The fourth-order valence-electron chi connectivity index (χ4n) is 2.25. The van der Waals surface area contributed by atoms with Gasteiger partial charge < -0.3 is 0 Å². The lowest BCUT2D eigenvalue weighted by atomic mass is 10.2. The van der Waals surface area contributed by atoms with Crippen molar-refractivity contribution in [1.82, 2.24) is 0 Å². The third-order valence-corrected chi connectivity index (χ3v) is 4.39. The first-order chi connectivity index (χ1) is 11.9. The van der Waals surface area contributed by atoms with E-state index in [2.05, 4.69) is 15.3 Å². The molecule has 0 aliphatic carbocycles. The van der Waals surface area contributed by atoms with E-state index >= 15 is 0 Å². The number of azo groups is 1. The highest BCUT2D eigenvalue weighted by Crippen LogP contribution is 2.23. The van der Waals surface area contributed by atoms with E-state index in [0.717, 1.165) is 0 Å². The number of para-hydroxylation sites is 1. The summed E-state index contributed by atoms with van der Waals surface area (Å²) < 4.78 is 30.9. The molecular formula is C16H14N4O4S. The summed E-state index contributed by atoms with van der Waals surface area (Å²) in [7, 11) is -4.26. The van der Waals surface area contributed by atoms with Crippen molar-refractivity contribution in [3.63, 3.8) is 0 Å². The minimum atomic E-state index is -4.26. The van der Waals surface area contributed by atoms with Gasteiger partial charge in [-0.05, 0) is 43.3 Å². The molecule has 0 bridgehead atoms. The Morgan fingerprint density at radius 1 is 1.08 bits per heavy atom. The molecule has 1 amide bonds. The molecule has 9 heteroatoms. The van der Waals surface area contributed by atoms with E-state index in [1.165, 1.54) is 29.3 Å². The van der Waals surface area contributed by atoms with Gasteiger partial charge in [0.15, 0.2) is 6.04 Å². The van der Waals surface area contributed by atoms with E-state index < -0.39 is 16.2 Å². The molecule has 8 nitrogen and oxygen atoms in total. The van der Waals surface area contributed by atoms with E-state index in [0.29, 0.717) is 17.1 Å². The first-order valence-electron chi connectivity index (χ1n) is 7.29. The van der Waals surface area contributed by atoms with Crippen molar-refractivity contribution < 1.29 is 17.8 Å². The Morgan fingerprint density at radius 2 is 1.72 bits per heavy atom. The maximum atomic E-state index is 12.5. The molecule has 3 rings (SSSR count). The molecule has 0 aromatic heterocycles. The van der Waals surface area contributed by atoms with Crippen molar-refractivity contribution >= 4 is 33.1 Å². The zero-order valence-electron chi connectivity index (χ0n) is 13.1. The predicted octanol–water partition coefficient (Wildman–Crippen LogP) is 2.81. The van der Waals surface area contributed by atoms with Crippen molar-refractivity contribution in [2.45, 2.75) is 17.9 Å². The molecular weight excluding hydrogens is 344 g/mol. The van der Waals surface area contributed by atoms with Gasteiger partial charge in [-0.2, -0.15) is 28.8 Å². The second-order valence-corrected chi connectivity index (χ2v) is 6.74. The summed E-state index contributed by atoms with van der Waals surface area (Å²) in [6.45, 7) is 1.69. The van der Waals surface area contributed by atoms with Gasteiger partial charge in [0.2, 0.25) is 0 Å². The maximum Gasteiger partial charge on any atom is 0.294 e. The Bertz CT molecular complexity index is 953. The van der Waals surface area contributed by atoms with Crippen LogP contribution in [0.15, 0.2) is 74.8 Å². The van der Waals surface area contributed by atoms with Crippen LogP contribution in [0.5, 0.6) is 0 Å². The van der Waals surface area contributed by atoms with Crippen LogP contribution in [0.1, 0.15) is 6.92 Å². The monoisotopic (exact) mass is 358 g/mol. The third-order valence-electron chi connectivity index (χ3n) is 3.52. The fraction of sp³-hybridized carbons (Fsp3) is 0.125. The summed E-state index contributed by atoms with van der Waals surface area (Å²) in [6.07, 6.45) is 0. The highest BCUT2D eigenvalue weighted by Gasteiger charge is 2.34. The average Bonchev–Trinajstić information content (AvgIpc) is 2.88. The first-order valence-corrected chi connectivity index (χ1v) is 8.73. The normalized spacial score (nSPS) is 18.0. The van der Waals surface area contributed by atoms with Crippen molar-refractivity contribution in [3.8, 4) is 0 Å². The van der Waals surface area contributed by atoms with Gasteiger partial charge >= 0.3 is 0 Å². The van der Waals surface area contributed by atoms with Crippen LogP contribution >= 0.6 is 0 Å². The van der Waals surface area contributed by atoms with E-state index in [1.807, 2.05) is 6.07 Å². The molecule has 128 valence electrons. The average molecular weight is 358 g/mol. The van der Waals surface area contributed by atoms with Crippen LogP contribution in [0.4, 0.5) is 11.4 Å². The van der Waals surface area contributed by atoms with E-state index in [4.69, 9.17) is 4.55 Å². The van der Waals surface area contributed by atoms with Gasteiger partial charge in [0.1, 0.15) is 0 Å². The molecule has 2 aromatic carbocycles. The molecule has 0 radical (unpaired) electrons. The minimum Gasteiger partial charge on any atom is -0.282 e.